The van der Waals surface area contributed by atoms with Crippen molar-refractivity contribution in [2.75, 3.05) is 31.8 Å². The lowest BCUT2D eigenvalue weighted by Gasteiger charge is -2.35. The number of carbonyl (C=O) groups is 1. The summed E-state index contributed by atoms with van der Waals surface area (Å²) < 4.78 is 33.4. The Labute approximate surface area is 113 Å². The Kier molecular flexibility index (Phi) is 4.47. The van der Waals surface area contributed by atoms with E-state index in [0.717, 1.165) is 19.4 Å². The molecule has 110 valence electrons. The standard InChI is InChI=1S/C12H21NO5S/c1-17-11(14)12(4-7-19(15,16)8-5-12)13-9-10-3-2-6-18-10/h10,13H,2-9H2,1H3. The van der Waals surface area contributed by atoms with Crippen LogP contribution in [0.1, 0.15) is 25.7 Å². The van der Waals surface area contributed by atoms with Crippen LogP contribution in [0.25, 0.3) is 0 Å². The zero-order valence-corrected chi connectivity index (χ0v) is 12.0. The van der Waals surface area contributed by atoms with Crippen LogP contribution in [0.2, 0.25) is 0 Å². The number of esters is 1. The van der Waals surface area contributed by atoms with Gasteiger partial charge in [-0.25, -0.2) is 8.42 Å². The van der Waals surface area contributed by atoms with E-state index in [-0.39, 0.29) is 36.4 Å². The fraction of sp³-hybridized carbons (Fsp3) is 0.917. The van der Waals surface area contributed by atoms with E-state index in [1.54, 1.807) is 0 Å². The first-order valence-corrected chi connectivity index (χ1v) is 8.45. The van der Waals surface area contributed by atoms with Gasteiger partial charge in [-0.1, -0.05) is 0 Å². The lowest BCUT2D eigenvalue weighted by atomic mass is 9.92. The van der Waals surface area contributed by atoms with Gasteiger partial charge in [-0.05, 0) is 25.7 Å². The van der Waals surface area contributed by atoms with Crippen LogP contribution in [0.3, 0.4) is 0 Å². The Bertz CT molecular complexity index is 413. The predicted molar refractivity (Wildman–Crippen MR) is 69.6 cm³/mol. The van der Waals surface area contributed by atoms with Crippen LogP contribution in [0.15, 0.2) is 0 Å². The molecule has 0 amide bonds. The zero-order valence-electron chi connectivity index (χ0n) is 11.2. The second-order valence-corrected chi connectivity index (χ2v) is 7.55. The Morgan fingerprint density at radius 3 is 2.63 bits per heavy atom. The van der Waals surface area contributed by atoms with Gasteiger partial charge in [-0.15, -0.1) is 0 Å². The van der Waals surface area contributed by atoms with Gasteiger partial charge in [-0.2, -0.15) is 0 Å². The molecule has 1 N–H and O–H groups in total. The highest BCUT2D eigenvalue weighted by Gasteiger charge is 2.44. The van der Waals surface area contributed by atoms with Crippen molar-refractivity contribution in [2.24, 2.45) is 0 Å². The van der Waals surface area contributed by atoms with Crippen LogP contribution >= 0.6 is 0 Å². The number of ether oxygens (including phenoxy) is 2. The van der Waals surface area contributed by atoms with Crippen molar-refractivity contribution in [3.63, 3.8) is 0 Å². The first-order chi connectivity index (χ1) is 8.97. The van der Waals surface area contributed by atoms with E-state index in [9.17, 15) is 13.2 Å². The molecular weight excluding hydrogens is 270 g/mol. The molecule has 0 aromatic carbocycles. The van der Waals surface area contributed by atoms with Crippen LogP contribution in [-0.2, 0) is 24.1 Å². The molecule has 0 spiro atoms. The van der Waals surface area contributed by atoms with Crippen molar-refractivity contribution in [1.82, 2.24) is 5.32 Å². The van der Waals surface area contributed by atoms with Gasteiger partial charge < -0.3 is 9.47 Å². The molecule has 2 heterocycles. The van der Waals surface area contributed by atoms with Crippen molar-refractivity contribution in [3.8, 4) is 0 Å². The molecule has 2 aliphatic rings. The van der Waals surface area contributed by atoms with Gasteiger partial charge in [0.2, 0.25) is 0 Å². The number of hydrogen-bond acceptors (Lipinski definition) is 6. The largest absolute Gasteiger partial charge is 0.468 e. The van der Waals surface area contributed by atoms with E-state index in [2.05, 4.69) is 5.32 Å². The molecule has 6 nitrogen and oxygen atoms in total. The molecule has 0 saturated carbocycles. The minimum Gasteiger partial charge on any atom is -0.468 e. The molecule has 1 atom stereocenters. The molecule has 2 aliphatic heterocycles. The Morgan fingerprint density at radius 2 is 2.11 bits per heavy atom. The van der Waals surface area contributed by atoms with E-state index < -0.39 is 15.4 Å². The topological polar surface area (TPSA) is 81.7 Å². The smallest absolute Gasteiger partial charge is 0.326 e. The van der Waals surface area contributed by atoms with Crippen LogP contribution in [0, 0.1) is 0 Å². The minimum absolute atomic E-state index is 0.0284. The Balaban J connectivity index is 2.01. The summed E-state index contributed by atoms with van der Waals surface area (Å²) >= 11 is 0. The molecule has 2 fully saturated rings. The molecule has 0 bridgehead atoms. The molecule has 2 saturated heterocycles. The Morgan fingerprint density at radius 1 is 1.42 bits per heavy atom. The second kappa shape index (κ2) is 5.76. The molecule has 7 heteroatoms. The van der Waals surface area contributed by atoms with Gasteiger partial charge in [0, 0.05) is 13.2 Å². The van der Waals surface area contributed by atoms with Crippen LogP contribution < -0.4 is 5.32 Å². The summed E-state index contributed by atoms with van der Waals surface area (Å²) in [5, 5.41) is 3.20. The van der Waals surface area contributed by atoms with E-state index in [4.69, 9.17) is 9.47 Å². The van der Waals surface area contributed by atoms with Crippen molar-refractivity contribution < 1.29 is 22.7 Å². The maximum absolute atomic E-state index is 12.0. The van der Waals surface area contributed by atoms with Gasteiger partial charge in [0.15, 0.2) is 0 Å². The van der Waals surface area contributed by atoms with E-state index in [0.29, 0.717) is 6.54 Å². The normalized spacial score (nSPS) is 29.0. The molecule has 0 aliphatic carbocycles. The summed E-state index contributed by atoms with van der Waals surface area (Å²) in [6, 6.07) is 0. The van der Waals surface area contributed by atoms with Gasteiger partial charge in [0.25, 0.3) is 0 Å². The molecule has 2 rings (SSSR count). The molecular formula is C12H21NO5S. The second-order valence-electron chi connectivity index (χ2n) is 5.24. The van der Waals surface area contributed by atoms with E-state index in [1.165, 1.54) is 7.11 Å². The average Bonchev–Trinajstić information content (AvgIpc) is 2.90. The quantitative estimate of drug-likeness (QED) is 0.727. The lowest BCUT2D eigenvalue weighted by Crippen LogP contribution is -2.58. The van der Waals surface area contributed by atoms with E-state index in [1.807, 2.05) is 0 Å². The van der Waals surface area contributed by atoms with Gasteiger partial charge in [0.05, 0.1) is 24.7 Å². The highest BCUT2D eigenvalue weighted by atomic mass is 32.2. The average molecular weight is 291 g/mol. The first-order valence-electron chi connectivity index (χ1n) is 6.63. The Hall–Kier alpha value is -0.660. The summed E-state index contributed by atoms with van der Waals surface area (Å²) in [5.74, 6) is -0.318. The highest BCUT2D eigenvalue weighted by molar-refractivity contribution is 7.91. The molecule has 19 heavy (non-hydrogen) atoms. The lowest BCUT2D eigenvalue weighted by molar-refractivity contribution is -0.149. The third-order valence-corrected chi connectivity index (χ3v) is 5.60. The first kappa shape index (κ1) is 14.7. The number of rotatable bonds is 4. The number of carbonyl (C=O) groups excluding carboxylic acids is 1. The summed E-state index contributed by atoms with van der Waals surface area (Å²) in [7, 11) is -1.68. The number of nitrogens with one attached hydrogen (secondary N) is 1. The van der Waals surface area contributed by atoms with Crippen molar-refractivity contribution in [2.45, 2.75) is 37.3 Å². The molecule has 0 radical (unpaired) electrons. The van der Waals surface area contributed by atoms with Crippen molar-refractivity contribution in [3.05, 3.63) is 0 Å². The predicted octanol–water partition coefficient (Wildman–Crippen LogP) is -0.125. The molecule has 1 unspecified atom stereocenters. The fourth-order valence-electron chi connectivity index (χ4n) is 2.65. The van der Waals surface area contributed by atoms with Crippen LogP contribution in [-0.4, -0.2) is 57.8 Å². The van der Waals surface area contributed by atoms with E-state index >= 15 is 0 Å². The fourth-order valence-corrected chi connectivity index (χ4v) is 4.17. The van der Waals surface area contributed by atoms with Gasteiger partial charge in [-0.3, -0.25) is 10.1 Å². The minimum atomic E-state index is -3.01. The maximum atomic E-state index is 12.0. The molecule has 0 aromatic rings. The van der Waals surface area contributed by atoms with Crippen molar-refractivity contribution in [1.29, 1.82) is 0 Å². The third kappa shape index (κ3) is 3.46. The van der Waals surface area contributed by atoms with Crippen molar-refractivity contribution >= 4 is 15.8 Å². The van der Waals surface area contributed by atoms with Gasteiger partial charge >= 0.3 is 5.97 Å². The monoisotopic (exact) mass is 291 g/mol. The van der Waals surface area contributed by atoms with Gasteiger partial charge in [0.1, 0.15) is 15.4 Å². The summed E-state index contributed by atoms with van der Waals surface area (Å²) in [5.41, 5.74) is -0.869. The third-order valence-electron chi connectivity index (χ3n) is 3.95. The molecule has 0 aromatic heterocycles. The summed E-state index contributed by atoms with van der Waals surface area (Å²) in [6.45, 7) is 1.32. The zero-order chi connectivity index (χ0) is 13.9. The number of hydrogen-bond donors (Lipinski definition) is 1. The highest BCUT2D eigenvalue weighted by Crippen LogP contribution is 2.26. The van der Waals surface area contributed by atoms with Crippen LogP contribution in [0.4, 0.5) is 0 Å². The summed E-state index contributed by atoms with van der Waals surface area (Å²) in [6.07, 6.45) is 2.66. The maximum Gasteiger partial charge on any atom is 0.326 e. The number of methoxy groups -OCH3 is 1. The van der Waals surface area contributed by atoms with Crippen LogP contribution in [0.5, 0.6) is 0 Å². The number of sulfone groups is 1. The summed E-state index contributed by atoms with van der Waals surface area (Å²) in [4.78, 5) is 12.0. The SMILES string of the molecule is COC(=O)C1(NCC2CCCO2)CCS(=O)(=O)CC1.